The molecule has 28 heavy (non-hydrogen) atoms. The van der Waals surface area contributed by atoms with Crippen molar-refractivity contribution < 1.29 is 13.7 Å². The maximum atomic E-state index is 13.8. The van der Waals surface area contributed by atoms with Crippen LogP contribution in [0.3, 0.4) is 0 Å². The molecule has 1 aromatic heterocycles. The first-order valence-electron chi connectivity index (χ1n) is 8.45. The number of nitrogens with zero attached hydrogens (tertiary/aromatic N) is 2. The van der Waals surface area contributed by atoms with Crippen molar-refractivity contribution in [2.45, 2.75) is 13.0 Å². The van der Waals surface area contributed by atoms with E-state index in [1.807, 2.05) is 24.3 Å². The lowest BCUT2D eigenvalue weighted by molar-refractivity contribution is 0.216. The topological polar surface area (TPSA) is 52.1 Å². The first kappa shape index (κ1) is 20.8. The van der Waals surface area contributed by atoms with Gasteiger partial charge in [0.25, 0.3) is 0 Å². The van der Waals surface area contributed by atoms with Crippen LogP contribution in [0.1, 0.15) is 18.6 Å². The van der Waals surface area contributed by atoms with Gasteiger partial charge in [-0.05, 0) is 32.4 Å². The molecule has 0 aliphatic carbocycles. The molecule has 0 amide bonds. The largest absolute Gasteiger partial charge is 0.469 e. The zero-order valence-corrected chi connectivity index (χ0v) is 17.9. The molecule has 0 N–H and O–H groups in total. The van der Waals surface area contributed by atoms with Crippen molar-refractivity contribution in [1.82, 2.24) is 9.97 Å². The number of halogens is 3. The Bertz CT molecular complexity index is 1050. The van der Waals surface area contributed by atoms with Gasteiger partial charge in [-0.15, -0.1) is 0 Å². The molecule has 0 aliphatic heterocycles. The minimum atomic E-state index is -2.32. The molecule has 0 aliphatic rings. The molecular weight excluding hydrogens is 421 g/mol. The molecular formula is C20H18Cl2FN2O2P. The maximum absolute atomic E-state index is 13.8. The quantitative estimate of drug-likeness (QED) is 0.363. The van der Waals surface area contributed by atoms with Crippen molar-refractivity contribution >= 4 is 35.6 Å². The summed E-state index contributed by atoms with van der Waals surface area (Å²) in [5.74, 6) is -0.317. The average Bonchev–Trinajstić information content (AvgIpc) is 2.65. The number of hydrogen-bond donors (Lipinski definition) is 0. The first-order chi connectivity index (χ1) is 13.2. The summed E-state index contributed by atoms with van der Waals surface area (Å²) in [5, 5.41) is 1.02. The highest BCUT2D eigenvalue weighted by molar-refractivity contribution is 7.70. The summed E-state index contributed by atoms with van der Waals surface area (Å²) in [7, 11) is -2.32. The average molecular weight is 439 g/mol. The Kier molecular flexibility index (Phi) is 6.09. The van der Waals surface area contributed by atoms with Gasteiger partial charge in [0.15, 0.2) is 0 Å². The van der Waals surface area contributed by atoms with E-state index in [1.165, 1.54) is 18.3 Å². The number of rotatable bonds is 5. The number of ether oxygens (including phenoxy) is 1. The van der Waals surface area contributed by atoms with Gasteiger partial charge in [0.05, 0.1) is 23.1 Å². The highest BCUT2D eigenvalue weighted by atomic mass is 35.5. The van der Waals surface area contributed by atoms with Gasteiger partial charge in [-0.2, -0.15) is 0 Å². The minimum Gasteiger partial charge on any atom is -0.469 e. The second kappa shape index (κ2) is 8.20. The van der Waals surface area contributed by atoms with E-state index in [9.17, 15) is 8.96 Å². The fourth-order valence-electron chi connectivity index (χ4n) is 2.69. The summed E-state index contributed by atoms with van der Waals surface area (Å²) in [4.78, 5) is 8.61. The molecule has 0 radical (unpaired) electrons. The molecule has 4 nitrogen and oxygen atoms in total. The van der Waals surface area contributed by atoms with Crippen LogP contribution in [-0.4, -0.2) is 23.3 Å². The molecule has 0 saturated carbocycles. The van der Waals surface area contributed by atoms with Crippen LogP contribution >= 0.6 is 30.3 Å². The fraction of sp³-hybridized carbons (Fsp3) is 0.200. The van der Waals surface area contributed by atoms with Crippen molar-refractivity contribution in [3.05, 3.63) is 70.2 Å². The zero-order chi connectivity index (χ0) is 20.5. The monoisotopic (exact) mass is 438 g/mol. The third-order valence-corrected chi connectivity index (χ3v) is 6.44. The van der Waals surface area contributed by atoms with Gasteiger partial charge < -0.3 is 9.30 Å². The highest BCUT2D eigenvalue weighted by Crippen LogP contribution is 2.36. The Morgan fingerprint density at radius 2 is 1.75 bits per heavy atom. The fourth-order valence-corrected chi connectivity index (χ4v) is 4.24. The van der Waals surface area contributed by atoms with Gasteiger partial charge in [0.2, 0.25) is 5.88 Å². The van der Waals surface area contributed by atoms with Gasteiger partial charge in [0, 0.05) is 21.5 Å². The Morgan fingerprint density at radius 1 is 1.07 bits per heavy atom. The smallest absolute Gasteiger partial charge is 0.233 e. The van der Waals surface area contributed by atoms with Gasteiger partial charge in [-0.1, -0.05) is 47.5 Å². The lowest BCUT2D eigenvalue weighted by Crippen LogP contribution is -2.07. The number of aromatic nitrogens is 2. The van der Waals surface area contributed by atoms with E-state index in [1.54, 1.807) is 26.5 Å². The van der Waals surface area contributed by atoms with Crippen molar-refractivity contribution in [3.8, 4) is 17.1 Å². The minimum absolute atomic E-state index is 0.0803. The van der Waals surface area contributed by atoms with Crippen LogP contribution in [0.4, 0.5) is 4.39 Å². The molecule has 2 aromatic carbocycles. The third kappa shape index (κ3) is 4.54. The van der Waals surface area contributed by atoms with E-state index in [2.05, 4.69) is 9.97 Å². The van der Waals surface area contributed by atoms with Gasteiger partial charge in [0.1, 0.15) is 19.1 Å². The van der Waals surface area contributed by atoms with E-state index < -0.39 is 19.1 Å². The van der Waals surface area contributed by atoms with Crippen LogP contribution in [0.2, 0.25) is 10.0 Å². The van der Waals surface area contributed by atoms with Gasteiger partial charge in [-0.3, -0.25) is 4.98 Å². The summed E-state index contributed by atoms with van der Waals surface area (Å²) in [6.07, 6.45) is 2.43. The third-order valence-electron chi connectivity index (χ3n) is 4.18. The Balaban J connectivity index is 1.86. The molecule has 1 atom stereocenters. The molecule has 8 heteroatoms. The van der Waals surface area contributed by atoms with Crippen molar-refractivity contribution in [3.63, 3.8) is 0 Å². The lowest BCUT2D eigenvalue weighted by atomic mass is 10.1. The summed E-state index contributed by atoms with van der Waals surface area (Å²) in [5.41, 5.74) is 1.75. The standard InChI is InChI=1S/C20H18Cl2FN2O2P/c1-12(19-15(21)8-9-16(23)20(19)22)27-18-11-24-10-17(25-18)13-4-6-14(7-5-13)28(2,3)26/h4-12H,1-3H3. The summed E-state index contributed by atoms with van der Waals surface area (Å²) in [6, 6.07) is 9.96. The zero-order valence-electron chi connectivity index (χ0n) is 15.5. The van der Waals surface area contributed by atoms with E-state index in [-0.39, 0.29) is 10.9 Å². The normalized spacial score (nSPS) is 12.6. The van der Waals surface area contributed by atoms with Crippen LogP contribution in [-0.2, 0) is 4.57 Å². The van der Waals surface area contributed by atoms with Crippen molar-refractivity contribution in [2.75, 3.05) is 13.3 Å². The Labute approximate surface area is 173 Å². The molecule has 146 valence electrons. The second-order valence-electron chi connectivity index (χ2n) is 6.66. The molecule has 1 heterocycles. The molecule has 0 bridgehead atoms. The Hall–Kier alpha value is -1.94. The molecule has 3 aromatic rings. The number of hydrogen-bond acceptors (Lipinski definition) is 4. The van der Waals surface area contributed by atoms with E-state index >= 15 is 0 Å². The van der Waals surface area contributed by atoms with Crippen LogP contribution in [0, 0.1) is 5.82 Å². The summed E-state index contributed by atoms with van der Waals surface area (Å²) < 4.78 is 31.7. The first-order valence-corrected chi connectivity index (χ1v) is 11.8. The molecule has 0 saturated heterocycles. The summed E-state index contributed by atoms with van der Waals surface area (Å²) >= 11 is 12.2. The van der Waals surface area contributed by atoms with Gasteiger partial charge >= 0.3 is 0 Å². The van der Waals surface area contributed by atoms with E-state index in [0.29, 0.717) is 16.3 Å². The molecule has 1 unspecified atom stereocenters. The van der Waals surface area contributed by atoms with Crippen molar-refractivity contribution in [1.29, 1.82) is 0 Å². The van der Waals surface area contributed by atoms with E-state index in [0.717, 1.165) is 10.9 Å². The molecule has 3 rings (SSSR count). The SMILES string of the molecule is CC(Oc1cncc(-c2ccc(P(C)(C)=O)cc2)n1)c1c(Cl)ccc(F)c1Cl. The summed E-state index contributed by atoms with van der Waals surface area (Å²) in [6.45, 7) is 5.15. The van der Waals surface area contributed by atoms with Crippen LogP contribution in [0.25, 0.3) is 11.3 Å². The van der Waals surface area contributed by atoms with Crippen LogP contribution in [0.15, 0.2) is 48.8 Å². The predicted molar refractivity (Wildman–Crippen MR) is 112 cm³/mol. The van der Waals surface area contributed by atoms with Crippen LogP contribution in [0.5, 0.6) is 5.88 Å². The van der Waals surface area contributed by atoms with Crippen LogP contribution < -0.4 is 10.0 Å². The van der Waals surface area contributed by atoms with Gasteiger partial charge in [-0.25, -0.2) is 9.37 Å². The second-order valence-corrected chi connectivity index (χ2v) is 10.7. The Morgan fingerprint density at radius 3 is 2.39 bits per heavy atom. The maximum Gasteiger partial charge on any atom is 0.233 e. The highest BCUT2D eigenvalue weighted by Gasteiger charge is 2.19. The predicted octanol–water partition coefficient (Wildman–Crippen LogP) is 5.98. The van der Waals surface area contributed by atoms with Crippen molar-refractivity contribution in [2.24, 2.45) is 0 Å². The molecule has 0 fully saturated rings. The number of benzene rings is 2. The molecule has 0 spiro atoms. The van der Waals surface area contributed by atoms with E-state index in [4.69, 9.17) is 27.9 Å². The lowest BCUT2D eigenvalue weighted by Gasteiger charge is -2.17.